The number of alkyl carbamates (subject to hydrolysis) is 1. The normalized spacial score (nSPS) is 17.9. The molecule has 0 saturated heterocycles. The third-order valence-corrected chi connectivity index (χ3v) is 5.05. The van der Waals surface area contributed by atoms with Gasteiger partial charge in [0.15, 0.2) is 0 Å². The highest BCUT2D eigenvalue weighted by molar-refractivity contribution is 5.68. The molecule has 1 aromatic rings. The largest absolute Gasteiger partial charge is 0.493 e. The lowest BCUT2D eigenvalue weighted by atomic mass is 9.90. The van der Waals surface area contributed by atoms with Crippen LogP contribution in [0, 0.1) is 11.2 Å². The zero-order chi connectivity index (χ0) is 21.2. The lowest BCUT2D eigenvalue weighted by Crippen LogP contribution is -2.44. The maximum Gasteiger partial charge on any atom is 0.408 e. The van der Waals surface area contributed by atoms with Crippen molar-refractivity contribution in [3.8, 4) is 5.75 Å². The number of carbonyl (C=O) groups is 1. The van der Waals surface area contributed by atoms with Crippen LogP contribution in [0.1, 0.15) is 78.8 Å². The third-order valence-electron chi connectivity index (χ3n) is 5.05. The van der Waals surface area contributed by atoms with Gasteiger partial charge < -0.3 is 19.9 Å². The van der Waals surface area contributed by atoms with Gasteiger partial charge in [-0.3, -0.25) is 0 Å². The van der Waals surface area contributed by atoms with Gasteiger partial charge in [0.05, 0.1) is 18.2 Å². The van der Waals surface area contributed by atoms with E-state index in [4.69, 9.17) is 9.47 Å². The first-order valence-electron chi connectivity index (χ1n) is 9.93. The molecule has 0 bridgehead atoms. The molecule has 0 radical (unpaired) electrons. The van der Waals surface area contributed by atoms with Gasteiger partial charge in [0.2, 0.25) is 0 Å². The van der Waals surface area contributed by atoms with Crippen molar-refractivity contribution in [1.29, 1.82) is 0 Å². The maximum absolute atomic E-state index is 14.8. The second-order valence-corrected chi connectivity index (χ2v) is 9.72. The molecule has 2 N–H and O–H groups in total. The van der Waals surface area contributed by atoms with E-state index >= 15 is 0 Å². The Morgan fingerprint density at radius 1 is 1.25 bits per heavy atom. The summed E-state index contributed by atoms with van der Waals surface area (Å²) in [5.74, 6) is -0.0987. The number of benzene rings is 1. The summed E-state index contributed by atoms with van der Waals surface area (Å²) < 4.78 is 25.9. The summed E-state index contributed by atoms with van der Waals surface area (Å²) in [5.41, 5.74) is -1.76. The summed E-state index contributed by atoms with van der Waals surface area (Å²) >= 11 is 0. The zero-order valence-corrected chi connectivity index (χ0v) is 17.9. The lowest BCUT2D eigenvalue weighted by Gasteiger charge is -2.32. The number of aliphatic hydroxyl groups is 1. The van der Waals surface area contributed by atoms with E-state index in [2.05, 4.69) is 12.2 Å². The molecule has 28 heavy (non-hydrogen) atoms. The van der Waals surface area contributed by atoms with Crippen molar-refractivity contribution >= 4 is 6.09 Å². The molecule has 6 heteroatoms. The van der Waals surface area contributed by atoms with E-state index in [1.165, 1.54) is 32.8 Å². The van der Waals surface area contributed by atoms with Crippen LogP contribution in [0.3, 0.4) is 0 Å². The molecular weight excluding hydrogens is 361 g/mol. The Hall–Kier alpha value is -1.82. The van der Waals surface area contributed by atoms with E-state index < -0.39 is 29.2 Å². The van der Waals surface area contributed by atoms with Crippen LogP contribution < -0.4 is 10.1 Å². The Labute approximate surface area is 167 Å². The van der Waals surface area contributed by atoms with Crippen molar-refractivity contribution in [2.24, 2.45) is 5.41 Å². The Bertz CT molecular complexity index is 685. The van der Waals surface area contributed by atoms with E-state index in [1.807, 2.05) is 0 Å². The molecule has 1 unspecified atom stereocenters. The summed E-state index contributed by atoms with van der Waals surface area (Å²) in [7, 11) is 0. The van der Waals surface area contributed by atoms with Crippen molar-refractivity contribution in [3.63, 3.8) is 0 Å². The van der Waals surface area contributed by atoms with E-state index in [9.17, 15) is 14.3 Å². The highest BCUT2D eigenvalue weighted by Crippen LogP contribution is 2.38. The topological polar surface area (TPSA) is 67.8 Å². The van der Waals surface area contributed by atoms with Gasteiger partial charge in [0.25, 0.3) is 0 Å². The molecule has 5 nitrogen and oxygen atoms in total. The Balaban J connectivity index is 2.14. The van der Waals surface area contributed by atoms with E-state index in [0.717, 1.165) is 12.8 Å². The predicted octanol–water partition coefficient (Wildman–Crippen LogP) is 5.12. The van der Waals surface area contributed by atoms with E-state index in [0.29, 0.717) is 12.4 Å². The fourth-order valence-corrected chi connectivity index (χ4v) is 3.52. The number of hydrogen-bond donors (Lipinski definition) is 2. The molecule has 1 aliphatic carbocycles. The van der Waals surface area contributed by atoms with Crippen LogP contribution in [0.25, 0.3) is 0 Å². The minimum Gasteiger partial charge on any atom is -0.493 e. The summed E-state index contributed by atoms with van der Waals surface area (Å²) in [6.07, 6.45) is 3.93. The Morgan fingerprint density at radius 2 is 1.86 bits per heavy atom. The Kier molecular flexibility index (Phi) is 6.64. The van der Waals surface area contributed by atoms with Crippen LogP contribution in [-0.4, -0.2) is 29.0 Å². The van der Waals surface area contributed by atoms with Crippen molar-refractivity contribution in [2.45, 2.75) is 84.5 Å². The average molecular weight is 396 g/mol. The number of carbonyl (C=O) groups excluding carboxylic acids is 1. The number of amides is 1. The smallest absolute Gasteiger partial charge is 0.408 e. The molecule has 158 valence electrons. The maximum atomic E-state index is 14.8. The first-order chi connectivity index (χ1) is 12.8. The minimum absolute atomic E-state index is 0.142. The van der Waals surface area contributed by atoms with Gasteiger partial charge in [-0.2, -0.15) is 0 Å². The third kappa shape index (κ3) is 6.36. The first kappa shape index (κ1) is 22.5. The molecule has 0 aromatic heterocycles. The highest BCUT2D eigenvalue weighted by atomic mass is 19.1. The van der Waals surface area contributed by atoms with Gasteiger partial charge in [-0.25, -0.2) is 9.18 Å². The molecule has 2 rings (SSSR count). The van der Waals surface area contributed by atoms with E-state index in [-0.39, 0.29) is 11.0 Å². The van der Waals surface area contributed by atoms with Gasteiger partial charge >= 0.3 is 6.09 Å². The molecular formula is C22H34FNO4. The monoisotopic (exact) mass is 395 g/mol. The molecule has 1 atom stereocenters. The number of ether oxygens (including phenoxy) is 2. The number of nitrogens with one attached hydrogen (secondary N) is 1. The van der Waals surface area contributed by atoms with Gasteiger partial charge in [-0.1, -0.05) is 25.8 Å². The van der Waals surface area contributed by atoms with Crippen molar-refractivity contribution in [2.75, 3.05) is 6.61 Å². The van der Waals surface area contributed by atoms with Gasteiger partial charge in [0, 0.05) is 17.0 Å². The van der Waals surface area contributed by atoms with Crippen LogP contribution in [0.4, 0.5) is 9.18 Å². The van der Waals surface area contributed by atoms with Gasteiger partial charge in [-0.05, 0) is 53.5 Å². The summed E-state index contributed by atoms with van der Waals surface area (Å²) in [6, 6.07) is 3.56. The van der Waals surface area contributed by atoms with Crippen molar-refractivity contribution < 1.29 is 23.8 Å². The first-order valence-corrected chi connectivity index (χ1v) is 9.93. The molecule has 1 aliphatic rings. The standard InChI is InChI=1S/C22H34FNO4/c1-20(2,3)28-19(25)24-18(21(4,5)26)16-10-9-15(13-17(16)23)27-14-22(6)11-7-8-12-22/h9-10,13,18,26H,7-8,11-12,14H2,1-6H3,(H,24,25). The summed E-state index contributed by atoms with van der Waals surface area (Å²) in [5, 5.41) is 13.1. The summed E-state index contributed by atoms with van der Waals surface area (Å²) in [6.45, 7) is 11.0. The van der Waals surface area contributed by atoms with Crippen molar-refractivity contribution in [3.05, 3.63) is 29.6 Å². The van der Waals surface area contributed by atoms with Gasteiger partial charge in [0.1, 0.15) is 17.2 Å². The second-order valence-electron chi connectivity index (χ2n) is 9.72. The highest BCUT2D eigenvalue weighted by Gasteiger charge is 2.34. The zero-order valence-electron chi connectivity index (χ0n) is 17.9. The number of halogens is 1. The Morgan fingerprint density at radius 3 is 2.36 bits per heavy atom. The van der Waals surface area contributed by atoms with Crippen LogP contribution in [0.15, 0.2) is 18.2 Å². The van der Waals surface area contributed by atoms with E-state index in [1.54, 1.807) is 32.9 Å². The fourth-order valence-electron chi connectivity index (χ4n) is 3.52. The van der Waals surface area contributed by atoms with Crippen molar-refractivity contribution in [1.82, 2.24) is 5.32 Å². The summed E-state index contributed by atoms with van der Waals surface area (Å²) in [4.78, 5) is 12.2. The van der Waals surface area contributed by atoms with Crippen LogP contribution in [0.2, 0.25) is 0 Å². The van der Waals surface area contributed by atoms with Crippen LogP contribution >= 0.6 is 0 Å². The molecule has 1 fully saturated rings. The quantitative estimate of drug-likeness (QED) is 0.701. The number of hydrogen-bond acceptors (Lipinski definition) is 4. The SMILES string of the molecule is CC1(COc2ccc(C(NC(=O)OC(C)(C)C)C(C)(C)O)c(F)c2)CCCC1. The van der Waals surface area contributed by atoms with Crippen LogP contribution in [0.5, 0.6) is 5.75 Å². The second kappa shape index (κ2) is 8.27. The molecule has 1 aromatic carbocycles. The predicted molar refractivity (Wildman–Crippen MR) is 107 cm³/mol. The lowest BCUT2D eigenvalue weighted by molar-refractivity contribution is 0.0155. The van der Waals surface area contributed by atoms with Gasteiger partial charge in [-0.15, -0.1) is 0 Å². The minimum atomic E-state index is -1.39. The van der Waals surface area contributed by atoms with Crippen LogP contribution in [-0.2, 0) is 4.74 Å². The molecule has 1 amide bonds. The molecule has 0 heterocycles. The molecule has 1 saturated carbocycles. The fraction of sp³-hybridized carbons (Fsp3) is 0.682. The number of rotatable bonds is 6. The molecule has 0 spiro atoms. The molecule has 0 aliphatic heterocycles. The average Bonchev–Trinajstić information content (AvgIpc) is 2.96.